The molecule has 2 aromatic carbocycles. The quantitative estimate of drug-likeness (QED) is 0.475. The maximum absolute atomic E-state index is 12.8. The minimum Gasteiger partial charge on any atom is -0.334 e. The van der Waals surface area contributed by atoms with Gasteiger partial charge in [-0.2, -0.15) is 0 Å². The zero-order valence-corrected chi connectivity index (χ0v) is 18.3. The molecule has 3 rings (SSSR count). The van der Waals surface area contributed by atoms with Gasteiger partial charge in [-0.15, -0.1) is 0 Å². The average Bonchev–Trinajstić information content (AvgIpc) is 3.22. The normalized spacial score (nSPS) is 11.6. The fourth-order valence-electron chi connectivity index (χ4n) is 3.14. The van der Waals surface area contributed by atoms with Crippen molar-refractivity contribution in [3.63, 3.8) is 0 Å². The lowest BCUT2D eigenvalue weighted by atomic mass is 10.0. The highest BCUT2D eigenvalue weighted by Crippen LogP contribution is 2.14. The minimum atomic E-state index is -0.723. The largest absolute Gasteiger partial charge is 0.334 e. The number of ketones is 1. The molecule has 0 fully saturated rings. The molecule has 3 amide bonds. The third-order valence-corrected chi connectivity index (χ3v) is 4.97. The molecule has 0 saturated carbocycles. The topological polar surface area (TPSA) is 105 Å². The van der Waals surface area contributed by atoms with Crippen LogP contribution in [-0.4, -0.2) is 33.3 Å². The highest BCUT2D eigenvalue weighted by Gasteiger charge is 2.24. The zero-order chi connectivity index (χ0) is 23.1. The Kier molecular flexibility index (Phi) is 7.38. The smallest absolute Gasteiger partial charge is 0.315 e. The zero-order valence-electron chi connectivity index (χ0n) is 18.3. The van der Waals surface area contributed by atoms with Crippen molar-refractivity contribution in [3.05, 3.63) is 83.9 Å². The van der Waals surface area contributed by atoms with E-state index in [0.717, 1.165) is 5.56 Å². The van der Waals surface area contributed by atoms with Crippen molar-refractivity contribution in [1.29, 1.82) is 0 Å². The van der Waals surface area contributed by atoms with Crippen LogP contribution in [0.15, 0.2) is 67.0 Å². The van der Waals surface area contributed by atoms with Gasteiger partial charge in [-0.25, -0.2) is 9.78 Å². The van der Waals surface area contributed by atoms with Crippen LogP contribution >= 0.6 is 0 Å². The summed E-state index contributed by atoms with van der Waals surface area (Å²) in [5, 5.41) is 8.30. The summed E-state index contributed by atoms with van der Waals surface area (Å²) in [6, 6.07) is 15.0. The lowest BCUT2D eigenvalue weighted by molar-refractivity contribution is -0.118. The molecule has 1 atom stereocenters. The molecule has 1 unspecified atom stereocenters. The fourth-order valence-corrected chi connectivity index (χ4v) is 3.14. The van der Waals surface area contributed by atoms with Gasteiger partial charge in [0.1, 0.15) is 6.04 Å². The number of rotatable bonds is 8. The Bertz CT molecular complexity index is 1070. The van der Waals surface area contributed by atoms with Crippen LogP contribution in [-0.2, 0) is 18.4 Å². The number of benzene rings is 2. The summed E-state index contributed by atoms with van der Waals surface area (Å²) in [6.45, 7) is 4.08. The van der Waals surface area contributed by atoms with Gasteiger partial charge in [0.15, 0.2) is 5.82 Å². The molecule has 8 heteroatoms. The first-order chi connectivity index (χ1) is 15.3. The van der Waals surface area contributed by atoms with E-state index in [1.54, 1.807) is 48.3 Å². The molecule has 0 spiro atoms. The molecule has 0 radical (unpaired) electrons. The Hall–Kier alpha value is -3.94. The van der Waals surface area contributed by atoms with E-state index in [-0.39, 0.29) is 17.6 Å². The van der Waals surface area contributed by atoms with Crippen molar-refractivity contribution >= 4 is 23.4 Å². The van der Waals surface area contributed by atoms with E-state index >= 15 is 0 Å². The molecule has 0 aliphatic heterocycles. The van der Waals surface area contributed by atoms with Gasteiger partial charge >= 0.3 is 6.03 Å². The fraction of sp³-hybridized carbons (Fsp3) is 0.250. The number of nitrogens with zero attached hydrogens (tertiary/aromatic N) is 2. The number of aryl methyl sites for hydroxylation is 1. The number of amides is 3. The monoisotopic (exact) mass is 433 g/mol. The van der Waals surface area contributed by atoms with Gasteiger partial charge in [0.05, 0.1) is 0 Å². The van der Waals surface area contributed by atoms with E-state index in [1.807, 2.05) is 44.2 Å². The first-order valence-electron chi connectivity index (χ1n) is 10.4. The maximum Gasteiger partial charge on any atom is 0.315 e. The Labute approximate surface area is 187 Å². The Morgan fingerprint density at radius 3 is 2.28 bits per heavy atom. The molecular weight excluding hydrogens is 406 g/mol. The van der Waals surface area contributed by atoms with E-state index < -0.39 is 12.1 Å². The molecule has 3 aromatic rings. The highest BCUT2D eigenvalue weighted by molar-refractivity contribution is 6.07. The Morgan fingerprint density at radius 1 is 1.00 bits per heavy atom. The van der Waals surface area contributed by atoms with Crippen LogP contribution in [0.25, 0.3) is 0 Å². The van der Waals surface area contributed by atoms with E-state index in [9.17, 15) is 14.4 Å². The second-order valence-electron chi connectivity index (χ2n) is 7.79. The summed E-state index contributed by atoms with van der Waals surface area (Å²) in [5.74, 6) is -0.320. The second kappa shape index (κ2) is 10.4. The van der Waals surface area contributed by atoms with Crippen LogP contribution in [0.4, 0.5) is 10.5 Å². The summed E-state index contributed by atoms with van der Waals surface area (Å²) < 4.78 is 1.65. The summed E-state index contributed by atoms with van der Waals surface area (Å²) in [5.41, 5.74) is 1.97. The summed E-state index contributed by atoms with van der Waals surface area (Å²) in [6.07, 6.45) is 3.27. The first-order valence-corrected chi connectivity index (χ1v) is 10.4. The van der Waals surface area contributed by atoms with Crippen LogP contribution < -0.4 is 16.0 Å². The van der Waals surface area contributed by atoms with Crippen LogP contribution in [0.3, 0.4) is 0 Å². The maximum atomic E-state index is 12.8. The number of nitrogens with one attached hydrogen (secondary N) is 3. The van der Waals surface area contributed by atoms with E-state index in [0.29, 0.717) is 23.6 Å². The summed E-state index contributed by atoms with van der Waals surface area (Å²) >= 11 is 0. The number of hydrogen-bond acceptors (Lipinski definition) is 4. The van der Waals surface area contributed by atoms with Crippen molar-refractivity contribution < 1.29 is 14.4 Å². The number of imidazole rings is 1. The molecule has 1 heterocycles. The van der Waals surface area contributed by atoms with E-state index in [2.05, 4.69) is 20.9 Å². The van der Waals surface area contributed by atoms with Gasteiger partial charge in [0.25, 0.3) is 0 Å². The molecule has 1 aromatic heterocycles. The average molecular weight is 434 g/mol. The van der Waals surface area contributed by atoms with Crippen LogP contribution in [0.1, 0.15) is 35.6 Å². The van der Waals surface area contributed by atoms with Gasteiger partial charge < -0.3 is 20.5 Å². The molecule has 8 nitrogen and oxygen atoms in total. The van der Waals surface area contributed by atoms with Crippen molar-refractivity contribution in [3.8, 4) is 0 Å². The lowest BCUT2D eigenvalue weighted by Gasteiger charge is -2.22. The predicted molar refractivity (Wildman–Crippen MR) is 122 cm³/mol. The van der Waals surface area contributed by atoms with Gasteiger partial charge in [0, 0.05) is 37.2 Å². The van der Waals surface area contributed by atoms with Crippen molar-refractivity contribution in [2.75, 3.05) is 5.32 Å². The SMILES string of the molecule is CC(C)C(NC(=O)NCc1ccccc1)C(=O)Nc1ccc(C(=O)c2nccn2C)cc1. The lowest BCUT2D eigenvalue weighted by Crippen LogP contribution is -2.50. The summed E-state index contributed by atoms with van der Waals surface area (Å²) in [7, 11) is 1.75. The molecule has 0 aliphatic carbocycles. The minimum absolute atomic E-state index is 0.123. The summed E-state index contributed by atoms with van der Waals surface area (Å²) in [4.78, 5) is 41.7. The third kappa shape index (κ3) is 5.81. The van der Waals surface area contributed by atoms with Crippen LogP contribution in [0, 0.1) is 5.92 Å². The number of carbonyl (C=O) groups is 3. The van der Waals surface area contributed by atoms with Crippen molar-refractivity contribution in [2.45, 2.75) is 26.4 Å². The second-order valence-corrected chi connectivity index (χ2v) is 7.79. The molecule has 166 valence electrons. The van der Waals surface area contributed by atoms with Gasteiger partial charge in [-0.05, 0) is 35.7 Å². The van der Waals surface area contributed by atoms with Gasteiger partial charge in [-0.3, -0.25) is 9.59 Å². The number of hydrogen-bond donors (Lipinski definition) is 3. The first kappa shape index (κ1) is 22.7. The molecular formula is C24H27N5O3. The predicted octanol–water partition coefficient (Wildman–Crippen LogP) is 3.11. The number of anilines is 1. The van der Waals surface area contributed by atoms with Crippen LogP contribution in [0.5, 0.6) is 0 Å². The highest BCUT2D eigenvalue weighted by atomic mass is 16.2. The molecule has 32 heavy (non-hydrogen) atoms. The van der Waals surface area contributed by atoms with E-state index in [1.165, 1.54) is 0 Å². The number of carbonyl (C=O) groups excluding carboxylic acids is 3. The molecule has 3 N–H and O–H groups in total. The van der Waals surface area contributed by atoms with Gasteiger partial charge in [0.2, 0.25) is 11.7 Å². The van der Waals surface area contributed by atoms with E-state index in [4.69, 9.17) is 0 Å². The van der Waals surface area contributed by atoms with Gasteiger partial charge in [-0.1, -0.05) is 44.2 Å². The Balaban J connectivity index is 1.58. The molecule has 0 saturated heterocycles. The third-order valence-electron chi connectivity index (χ3n) is 4.97. The number of urea groups is 1. The Morgan fingerprint density at radius 2 is 1.69 bits per heavy atom. The standard InChI is InChI=1S/C24H27N5O3/c1-16(2)20(28-24(32)26-15-17-7-5-4-6-8-17)23(31)27-19-11-9-18(10-12-19)21(30)22-25-13-14-29(22)3/h4-14,16,20H,15H2,1-3H3,(H,27,31)(H2,26,28,32). The van der Waals surface area contributed by atoms with Crippen molar-refractivity contribution in [2.24, 2.45) is 13.0 Å². The molecule has 0 aliphatic rings. The van der Waals surface area contributed by atoms with Crippen molar-refractivity contribution in [1.82, 2.24) is 20.2 Å². The van der Waals surface area contributed by atoms with Crippen LogP contribution in [0.2, 0.25) is 0 Å². The number of aromatic nitrogens is 2. The molecule has 0 bridgehead atoms.